The van der Waals surface area contributed by atoms with Gasteiger partial charge in [0.2, 0.25) is 0 Å². The molecule has 5 rings (SSSR count). The Kier molecular flexibility index (Phi) is 8.64. The Bertz CT molecular complexity index is 1660. The molecule has 42 heavy (non-hydrogen) atoms. The van der Waals surface area contributed by atoms with Crippen LogP contribution in [0.4, 0.5) is 5.69 Å². The topological polar surface area (TPSA) is 38.9 Å². The number of hydrogen-bond donors (Lipinski definition) is 1. The molecule has 0 unspecified atom stereocenters. The first-order valence-corrected chi connectivity index (χ1v) is 15.5. The zero-order valence-electron chi connectivity index (χ0n) is 26.4. The number of nitrogens with zero attached hydrogens (tertiary/aromatic N) is 1. The Balaban J connectivity index is 1.71. The predicted molar refractivity (Wildman–Crippen MR) is 182 cm³/mol. The van der Waals surface area contributed by atoms with E-state index in [1.807, 2.05) is 0 Å². The first-order valence-electron chi connectivity index (χ1n) is 15.5. The van der Waals surface area contributed by atoms with Gasteiger partial charge in [-0.25, -0.2) is 4.98 Å². The molecule has 0 saturated heterocycles. The summed E-state index contributed by atoms with van der Waals surface area (Å²) in [5, 5.41) is 0. The van der Waals surface area contributed by atoms with Crippen molar-refractivity contribution in [3.05, 3.63) is 118 Å². The number of aryl methyl sites for hydroxylation is 7. The van der Waals surface area contributed by atoms with Gasteiger partial charge in [0.15, 0.2) is 0 Å². The Hall–Kier alpha value is -4.17. The molecule has 4 aromatic carbocycles. The fourth-order valence-electron chi connectivity index (χ4n) is 6.40. The van der Waals surface area contributed by atoms with Crippen LogP contribution in [0.1, 0.15) is 66.6 Å². The molecular weight excluding hydrogens is 508 g/mol. The van der Waals surface area contributed by atoms with Crippen LogP contribution in [0.15, 0.2) is 78.9 Å². The van der Waals surface area contributed by atoms with Crippen LogP contribution in [-0.2, 0) is 25.7 Å². The molecule has 0 bridgehead atoms. The average molecular weight is 553 g/mol. The molecule has 0 aliphatic rings. The van der Waals surface area contributed by atoms with Crippen LogP contribution in [0.3, 0.4) is 0 Å². The number of benzene rings is 4. The van der Waals surface area contributed by atoms with Crippen LogP contribution in [-0.4, -0.2) is 4.98 Å². The van der Waals surface area contributed by atoms with Gasteiger partial charge in [0.1, 0.15) is 0 Å². The summed E-state index contributed by atoms with van der Waals surface area (Å²) in [6.07, 6.45) is 3.97. The predicted octanol–water partition coefficient (Wildman–Crippen LogP) is 10.5. The van der Waals surface area contributed by atoms with Crippen molar-refractivity contribution < 1.29 is 0 Å². The van der Waals surface area contributed by atoms with Crippen molar-refractivity contribution in [3.8, 4) is 44.8 Å². The third-order valence-electron chi connectivity index (χ3n) is 8.62. The van der Waals surface area contributed by atoms with Crippen molar-refractivity contribution in [3.63, 3.8) is 0 Å². The molecule has 0 aliphatic heterocycles. The highest BCUT2D eigenvalue weighted by Gasteiger charge is 2.16. The number of anilines is 1. The molecule has 0 aliphatic carbocycles. The van der Waals surface area contributed by atoms with Crippen molar-refractivity contribution in [1.29, 1.82) is 0 Å². The molecular formula is C40H44N2. The second-order valence-corrected chi connectivity index (χ2v) is 11.6. The average Bonchev–Trinajstić information content (AvgIpc) is 2.99. The molecule has 0 fully saturated rings. The molecule has 0 saturated carbocycles. The fourth-order valence-corrected chi connectivity index (χ4v) is 6.40. The van der Waals surface area contributed by atoms with Crippen LogP contribution in [0.25, 0.3) is 44.8 Å². The Morgan fingerprint density at radius 1 is 0.524 bits per heavy atom. The number of rotatable bonds is 8. The molecule has 0 amide bonds. The maximum atomic E-state index is 6.87. The third kappa shape index (κ3) is 5.77. The summed E-state index contributed by atoms with van der Waals surface area (Å²) in [4.78, 5) is 5.31. The van der Waals surface area contributed by atoms with Crippen molar-refractivity contribution >= 4 is 5.69 Å². The van der Waals surface area contributed by atoms with E-state index in [2.05, 4.69) is 127 Å². The van der Waals surface area contributed by atoms with Crippen molar-refractivity contribution in [2.24, 2.45) is 0 Å². The molecule has 1 heterocycles. The van der Waals surface area contributed by atoms with Crippen LogP contribution < -0.4 is 5.73 Å². The highest BCUT2D eigenvalue weighted by atomic mass is 14.7. The first-order chi connectivity index (χ1) is 20.3. The second kappa shape index (κ2) is 12.4. The highest BCUT2D eigenvalue weighted by molar-refractivity contribution is 5.86. The normalized spacial score (nSPS) is 11.2. The van der Waals surface area contributed by atoms with Crippen molar-refractivity contribution in [2.75, 3.05) is 5.73 Å². The van der Waals surface area contributed by atoms with Gasteiger partial charge in [0.05, 0.1) is 11.4 Å². The van der Waals surface area contributed by atoms with Crippen molar-refractivity contribution in [1.82, 2.24) is 4.98 Å². The largest absolute Gasteiger partial charge is 0.398 e. The van der Waals surface area contributed by atoms with E-state index >= 15 is 0 Å². The highest BCUT2D eigenvalue weighted by Crippen LogP contribution is 2.38. The monoisotopic (exact) mass is 552 g/mol. The van der Waals surface area contributed by atoms with Crippen molar-refractivity contribution in [2.45, 2.75) is 74.1 Å². The maximum Gasteiger partial charge on any atom is 0.0718 e. The minimum Gasteiger partial charge on any atom is -0.398 e. The van der Waals surface area contributed by atoms with Gasteiger partial charge in [-0.15, -0.1) is 0 Å². The van der Waals surface area contributed by atoms with Gasteiger partial charge < -0.3 is 5.73 Å². The zero-order chi connectivity index (χ0) is 30.0. The quantitative estimate of drug-likeness (QED) is 0.194. The van der Waals surface area contributed by atoms with Crippen LogP contribution in [0.5, 0.6) is 0 Å². The zero-order valence-corrected chi connectivity index (χ0v) is 26.4. The summed E-state index contributed by atoms with van der Waals surface area (Å²) in [6.45, 7) is 15.4. The molecule has 2 N–H and O–H groups in total. The Labute approximate surface area is 252 Å². The van der Waals surface area contributed by atoms with Crippen LogP contribution >= 0.6 is 0 Å². The number of nitrogens with two attached hydrogens (primary N) is 1. The lowest BCUT2D eigenvalue weighted by Gasteiger charge is -2.17. The molecule has 0 atom stereocenters. The lowest BCUT2D eigenvalue weighted by Crippen LogP contribution is -1.99. The minimum atomic E-state index is 0.782. The van der Waals surface area contributed by atoms with Gasteiger partial charge in [0.25, 0.3) is 0 Å². The lowest BCUT2D eigenvalue weighted by atomic mass is 9.90. The summed E-state index contributed by atoms with van der Waals surface area (Å²) >= 11 is 0. The molecule has 2 nitrogen and oxygen atoms in total. The molecule has 5 aromatic rings. The van der Waals surface area contributed by atoms with E-state index in [0.717, 1.165) is 59.4 Å². The van der Waals surface area contributed by atoms with E-state index in [4.69, 9.17) is 10.7 Å². The van der Waals surface area contributed by atoms with E-state index in [1.54, 1.807) is 0 Å². The van der Waals surface area contributed by atoms with E-state index in [9.17, 15) is 0 Å². The molecule has 0 spiro atoms. The molecule has 0 radical (unpaired) electrons. The fraction of sp³-hybridized carbons (Fsp3) is 0.275. The van der Waals surface area contributed by atoms with E-state index in [0.29, 0.717) is 0 Å². The Morgan fingerprint density at radius 2 is 1.02 bits per heavy atom. The minimum absolute atomic E-state index is 0.782. The summed E-state index contributed by atoms with van der Waals surface area (Å²) in [6, 6.07) is 29.2. The number of nitrogen functional groups attached to an aromatic ring is 1. The van der Waals surface area contributed by atoms with Gasteiger partial charge in [-0.1, -0.05) is 93.9 Å². The summed E-state index contributed by atoms with van der Waals surface area (Å²) < 4.78 is 0. The van der Waals surface area contributed by atoms with Gasteiger partial charge in [-0.3, -0.25) is 0 Å². The second-order valence-electron chi connectivity index (χ2n) is 11.6. The van der Waals surface area contributed by atoms with E-state index in [1.165, 1.54) is 55.6 Å². The maximum absolute atomic E-state index is 6.87. The molecule has 214 valence electrons. The van der Waals surface area contributed by atoms with E-state index in [-0.39, 0.29) is 0 Å². The standard InChI is InChI=1S/C40H44N2/c1-8-28-12-15-35(30(10-3)20-28)38-23-33(24-39(42-38)36-16-13-29(9-2)21-31(36)11-4)34-17-14-32(22-37(34)41)40-26(6)18-25(5)19-27(40)7/h12-24H,8-11,41H2,1-7H3. The number of hydrogen-bond acceptors (Lipinski definition) is 2. The molecule has 2 heteroatoms. The number of aromatic nitrogens is 1. The van der Waals surface area contributed by atoms with Crippen LogP contribution in [0, 0.1) is 20.8 Å². The third-order valence-corrected chi connectivity index (χ3v) is 8.62. The van der Waals surface area contributed by atoms with Gasteiger partial charge >= 0.3 is 0 Å². The first kappa shape index (κ1) is 29.3. The smallest absolute Gasteiger partial charge is 0.0718 e. The Morgan fingerprint density at radius 3 is 1.48 bits per heavy atom. The van der Waals surface area contributed by atoms with E-state index < -0.39 is 0 Å². The summed E-state index contributed by atoms with van der Waals surface area (Å²) in [5.74, 6) is 0. The SMILES string of the molecule is CCc1ccc(-c2cc(-c3ccc(-c4c(C)cc(C)cc4C)cc3N)cc(-c3ccc(CC)cc3CC)n2)c(CC)c1. The number of pyridine rings is 1. The molecule has 1 aromatic heterocycles. The van der Waals surface area contributed by atoms with Crippen LogP contribution in [0.2, 0.25) is 0 Å². The van der Waals surface area contributed by atoms with Gasteiger partial charge in [-0.05, 0) is 115 Å². The summed E-state index contributed by atoms with van der Waals surface area (Å²) in [5.41, 5.74) is 25.8. The van der Waals surface area contributed by atoms with Gasteiger partial charge in [0, 0.05) is 22.4 Å². The lowest BCUT2D eigenvalue weighted by molar-refractivity contribution is 1.08. The van der Waals surface area contributed by atoms with Gasteiger partial charge in [-0.2, -0.15) is 0 Å². The summed E-state index contributed by atoms with van der Waals surface area (Å²) in [7, 11) is 0.